The van der Waals surface area contributed by atoms with E-state index in [0.29, 0.717) is 24.4 Å². The van der Waals surface area contributed by atoms with Gasteiger partial charge in [0.1, 0.15) is 5.75 Å². The Kier molecular flexibility index (Phi) is 6.24. The van der Waals surface area contributed by atoms with Crippen LogP contribution in [-0.2, 0) is 6.54 Å². The lowest BCUT2D eigenvalue weighted by Crippen LogP contribution is -2.30. The van der Waals surface area contributed by atoms with E-state index in [2.05, 4.69) is 0 Å². The van der Waals surface area contributed by atoms with Crippen molar-refractivity contribution in [1.82, 2.24) is 4.90 Å². The molecule has 0 atom stereocenters. The Hall–Kier alpha value is -3.67. The quantitative estimate of drug-likeness (QED) is 0.615. The number of benzene rings is 3. The number of amides is 1. The van der Waals surface area contributed by atoms with Gasteiger partial charge < -0.3 is 14.7 Å². The number of hydrogen-bond donors (Lipinski definition) is 1. The van der Waals surface area contributed by atoms with Crippen molar-refractivity contribution in [3.63, 3.8) is 0 Å². The lowest BCUT2D eigenvalue weighted by molar-refractivity contribution is 0.0694. The van der Waals surface area contributed by atoms with Crippen LogP contribution < -0.4 is 4.74 Å². The fourth-order valence-electron chi connectivity index (χ4n) is 2.80. The Morgan fingerprint density at radius 3 is 2.14 bits per heavy atom. The van der Waals surface area contributed by atoms with Gasteiger partial charge in [-0.25, -0.2) is 9.18 Å². The normalized spacial score (nSPS) is 10.4. The summed E-state index contributed by atoms with van der Waals surface area (Å²) < 4.78 is 19.2. The second-order valence-electron chi connectivity index (χ2n) is 6.38. The largest absolute Gasteiger partial charge is 0.478 e. The molecule has 0 bridgehead atoms. The van der Waals surface area contributed by atoms with Gasteiger partial charge >= 0.3 is 5.97 Å². The maximum Gasteiger partial charge on any atom is 0.335 e. The number of rotatable bonds is 7. The minimum absolute atomic E-state index is 0.117. The molecule has 29 heavy (non-hydrogen) atoms. The van der Waals surface area contributed by atoms with Gasteiger partial charge in [-0.05, 0) is 61.0 Å². The molecule has 0 heterocycles. The first-order valence-corrected chi connectivity index (χ1v) is 9.12. The van der Waals surface area contributed by atoms with E-state index in [1.807, 2.05) is 6.92 Å². The number of halogens is 1. The summed E-state index contributed by atoms with van der Waals surface area (Å²) in [6, 6.07) is 19.0. The van der Waals surface area contributed by atoms with Crippen LogP contribution in [-0.4, -0.2) is 28.4 Å². The van der Waals surface area contributed by atoms with Crippen molar-refractivity contribution in [2.45, 2.75) is 13.5 Å². The second kappa shape index (κ2) is 9.01. The maximum absolute atomic E-state index is 13.7. The summed E-state index contributed by atoms with van der Waals surface area (Å²) >= 11 is 0. The van der Waals surface area contributed by atoms with E-state index < -0.39 is 11.8 Å². The summed E-state index contributed by atoms with van der Waals surface area (Å²) in [6.07, 6.45) is 0. The zero-order chi connectivity index (χ0) is 20.8. The molecule has 1 amide bonds. The molecule has 0 radical (unpaired) electrons. The Bertz CT molecular complexity index is 1000. The summed E-state index contributed by atoms with van der Waals surface area (Å²) in [4.78, 5) is 25.4. The molecule has 0 aromatic heterocycles. The number of aromatic carboxylic acids is 1. The van der Waals surface area contributed by atoms with Crippen LogP contribution in [0, 0.1) is 5.82 Å². The van der Waals surface area contributed by atoms with Crippen LogP contribution in [0.4, 0.5) is 4.39 Å². The van der Waals surface area contributed by atoms with Crippen molar-refractivity contribution in [3.05, 3.63) is 95.3 Å². The minimum atomic E-state index is -0.988. The Morgan fingerprint density at radius 1 is 0.931 bits per heavy atom. The SMILES string of the molecule is CCN(Cc1ccc(C(=O)O)cc1)C(=O)c1ccc(Oc2ccccc2F)cc1. The van der Waals surface area contributed by atoms with Gasteiger partial charge in [0.05, 0.1) is 5.56 Å². The standard InChI is InChI=1S/C23H20FNO4/c1-2-25(15-16-7-9-18(10-8-16)23(27)28)22(26)17-11-13-19(14-12-17)29-21-6-4-3-5-20(21)24/h3-14H,2,15H2,1H3,(H,27,28). The zero-order valence-electron chi connectivity index (χ0n) is 15.8. The number of carbonyl (C=O) groups excluding carboxylic acids is 1. The van der Waals surface area contributed by atoms with Crippen LogP contribution >= 0.6 is 0 Å². The molecule has 0 unspecified atom stereocenters. The van der Waals surface area contributed by atoms with Crippen molar-refractivity contribution in [3.8, 4) is 11.5 Å². The van der Waals surface area contributed by atoms with Crippen molar-refractivity contribution < 1.29 is 23.8 Å². The highest BCUT2D eigenvalue weighted by Gasteiger charge is 2.15. The van der Waals surface area contributed by atoms with Crippen LogP contribution in [0.2, 0.25) is 0 Å². The Labute approximate surface area is 168 Å². The first-order chi connectivity index (χ1) is 14.0. The number of carboxylic acids is 1. The third kappa shape index (κ3) is 4.99. The topological polar surface area (TPSA) is 66.8 Å². The molecule has 148 valence electrons. The average Bonchev–Trinajstić information content (AvgIpc) is 2.74. The predicted molar refractivity (Wildman–Crippen MR) is 107 cm³/mol. The van der Waals surface area contributed by atoms with E-state index in [0.717, 1.165) is 5.56 Å². The third-order valence-corrected chi connectivity index (χ3v) is 4.41. The highest BCUT2D eigenvalue weighted by Crippen LogP contribution is 2.24. The van der Waals surface area contributed by atoms with E-state index >= 15 is 0 Å². The molecule has 0 spiro atoms. The zero-order valence-corrected chi connectivity index (χ0v) is 15.8. The lowest BCUT2D eigenvalue weighted by Gasteiger charge is -2.21. The number of nitrogens with zero attached hydrogens (tertiary/aromatic N) is 1. The van der Waals surface area contributed by atoms with Gasteiger partial charge in [0.15, 0.2) is 11.6 Å². The summed E-state index contributed by atoms with van der Waals surface area (Å²) in [6.45, 7) is 2.73. The van der Waals surface area contributed by atoms with Crippen LogP contribution in [0.15, 0.2) is 72.8 Å². The van der Waals surface area contributed by atoms with Crippen LogP contribution in [0.1, 0.15) is 33.2 Å². The average molecular weight is 393 g/mol. The summed E-state index contributed by atoms with van der Waals surface area (Å²) in [7, 11) is 0. The van der Waals surface area contributed by atoms with E-state index in [1.165, 1.54) is 24.3 Å². The molecular formula is C23H20FNO4. The van der Waals surface area contributed by atoms with Crippen molar-refractivity contribution in [2.24, 2.45) is 0 Å². The molecule has 5 nitrogen and oxygen atoms in total. The van der Waals surface area contributed by atoms with Crippen LogP contribution in [0.5, 0.6) is 11.5 Å². The van der Waals surface area contributed by atoms with Gasteiger partial charge in [0, 0.05) is 18.7 Å². The number of para-hydroxylation sites is 1. The number of carbonyl (C=O) groups is 2. The molecule has 3 aromatic carbocycles. The molecule has 3 aromatic rings. The van der Waals surface area contributed by atoms with Gasteiger partial charge in [-0.3, -0.25) is 4.79 Å². The molecule has 0 saturated carbocycles. The molecule has 6 heteroatoms. The van der Waals surface area contributed by atoms with Gasteiger partial charge in [0.2, 0.25) is 0 Å². The van der Waals surface area contributed by atoms with E-state index in [-0.39, 0.29) is 17.2 Å². The van der Waals surface area contributed by atoms with E-state index in [9.17, 15) is 14.0 Å². The number of hydrogen-bond acceptors (Lipinski definition) is 3. The van der Waals surface area contributed by atoms with Gasteiger partial charge in [-0.15, -0.1) is 0 Å². The van der Waals surface area contributed by atoms with Crippen molar-refractivity contribution in [2.75, 3.05) is 6.54 Å². The Morgan fingerprint density at radius 2 is 1.55 bits per heavy atom. The molecule has 0 fully saturated rings. The second-order valence-corrected chi connectivity index (χ2v) is 6.38. The van der Waals surface area contributed by atoms with E-state index in [1.54, 1.807) is 53.4 Å². The van der Waals surface area contributed by atoms with Gasteiger partial charge in [-0.2, -0.15) is 0 Å². The number of ether oxygens (including phenoxy) is 1. The molecule has 0 saturated heterocycles. The Balaban J connectivity index is 1.69. The third-order valence-electron chi connectivity index (χ3n) is 4.41. The molecular weight excluding hydrogens is 373 g/mol. The first kappa shape index (κ1) is 20.1. The van der Waals surface area contributed by atoms with Gasteiger partial charge in [0.25, 0.3) is 5.91 Å². The van der Waals surface area contributed by atoms with Crippen LogP contribution in [0.25, 0.3) is 0 Å². The monoisotopic (exact) mass is 393 g/mol. The van der Waals surface area contributed by atoms with Crippen molar-refractivity contribution >= 4 is 11.9 Å². The lowest BCUT2D eigenvalue weighted by atomic mass is 10.1. The smallest absolute Gasteiger partial charge is 0.335 e. The molecule has 0 aliphatic heterocycles. The number of carboxylic acid groups (broad SMARTS) is 1. The van der Waals surface area contributed by atoms with Crippen LogP contribution in [0.3, 0.4) is 0 Å². The van der Waals surface area contributed by atoms with E-state index in [4.69, 9.17) is 9.84 Å². The van der Waals surface area contributed by atoms with Gasteiger partial charge in [-0.1, -0.05) is 24.3 Å². The first-order valence-electron chi connectivity index (χ1n) is 9.12. The predicted octanol–water partition coefficient (Wildman–Crippen LogP) is 4.98. The fraction of sp³-hybridized carbons (Fsp3) is 0.130. The fourth-order valence-corrected chi connectivity index (χ4v) is 2.80. The summed E-state index contributed by atoms with van der Waals surface area (Å²) in [5.41, 5.74) is 1.52. The summed E-state index contributed by atoms with van der Waals surface area (Å²) in [5, 5.41) is 8.98. The van der Waals surface area contributed by atoms with Crippen molar-refractivity contribution in [1.29, 1.82) is 0 Å². The molecule has 1 N–H and O–H groups in total. The highest BCUT2D eigenvalue weighted by molar-refractivity contribution is 5.94. The maximum atomic E-state index is 13.7. The summed E-state index contributed by atoms with van der Waals surface area (Å²) in [5.74, 6) is -1.06. The minimum Gasteiger partial charge on any atom is -0.478 e. The highest BCUT2D eigenvalue weighted by atomic mass is 19.1. The molecule has 0 aliphatic carbocycles. The molecule has 0 aliphatic rings. The molecule has 3 rings (SSSR count).